The number of carbonyl (C=O) groups excluding carboxylic acids is 1. The Balaban J connectivity index is 1.58. The van der Waals surface area contributed by atoms with Crippen LogP contribution in [0.1, 0.15) is 35.8 Å². The Morgan fingerprint density at radius 2 is 2.00 bits per heavy atom. The van der Waals surface area contributed by atoms with E-state index in [1.54, 1.807) is 31.6 Å². The van der Waals surface area contributed by atoms with Crippen LogP contribution in [0.3, 0.4) is 0 Å². The first-order chi connectivity index (χ1) is 15.5. The van der Waals surface area contributed by atoms with Gasteiger partial charge in [0.25, 0.3) is 5.91 Å². The summed E-state index contributed by atoms with van der Waals surface area (Å²) in [5.41, 5.74) is 5.85. The topological polar surface area (TPSA) is 79.8 Å². The molecule has 0 unspecified atom stereocenters. The van der Waals surface area contributed by atoms with Gasteiger partial charge < -0.3 is 10.6 Å². The van der Waals surface area contributed by atoms with E-state index in [1.165, 1.54) is 0 Å². The van der Waals surface area contributed by atoms with Crippen LogP contribution in [0.4, 0.5) is 5.69 Å². The number of pyridine rings is 3. The molecule has 0 aliphatic rings. The van der Waals surface area contributed by atoms with Gasteiger partial charge in [-0.1, -0.05) is 25.1 Å². The summed E-state index contributed by atoms with van der Waals surface area (Å²) in [6.45, 7) is 4.69. The molecule has 0 bridgehead atoms. The highest BCUT2D eigenvalue weighted by molar-refractivity contribution is 6.06. The van der Waals surface area contributed by atoms with Crippen molar-refractivity contribution in [3.05, 3.63) is 83.9 Å². The summed E-state index contributed by atoms with van der Waals surface area (Å²) < 4.78 is 8.09. The third-order valence-corrected chi connectivity index (χ3v) is 5.32. The van der Waals surface area contributed by atoms with Gasteiger partial charge in [0.05, 0.1) is 18.1 Å². The van der Waals surface area contributed by atoms with E-state index in [0.29, 0.717) is 17.8 Å². The van der Waals surface area contributed by atoms with Crippen LogP contribution in [0.25, 0.3) is 22.2 Å². The minimum absolute atomic E-state index is 0.123. The fourth-order valence-corrected chi connectivity index (χ4v) is 3.57. The van der Waals surface area contributed by atoms with Crippen molar-refractivity contribution >= 4 is 22.5 Å². The van der Waals surface area contributed by atoms with Gasteiger partial charge >= 0.3 is 0 Å². The van der Waals surface area contributed by atoms with Crippen LogP contribution in [0.2, 0.25) is 0 Å². The first-order valence-electron chi connectivity index (χ1n) is 10.7. The van der Waals surface area contributed by atoms with Gasteiger partial charge in [-0.15, -0.1) is 0 Å². The molecule has 2 N–H and O–H groups in total. The van der Waals surface area contributed by atoms with E-state index >= 15 is 0 Å². The molecular weight excluding hydrogens is 386 g/mol. The molecule has 3 aromatic heterocycles. The van der Waals surface area contributed by atoms with E-state index in [9.17, 15) is 4.79 Å². The largest absolute Gasteiger partial charge is 0.384 e. The summed E-state index contributed by atoms with van der Waals surface area (Å²) in [6.07, 6.45) is 3.64. The number of para-hydroxylation sites is 1. The van der Waals surface area contributed by atoms with Crippen LogP contribution in [-0.2, 0) is 0 Å². The maximum atomic E-state index is 12.2. The minimum atomic E-state index is -0.127. The number of hydrogen-bond donors (Lipinski definition) is 2. The summed E-state index contributed by atoms with van der Waals surface area (Å²) >= 11 is 0. The smallest absolute Gasteiger partial charge is 0.251 e. The molecule has 0 aliphatic heterocycles. The highest BCUT2D eigenvalue weighted by atomic mass is 16.1. The zero-order chi connectivity index (χ0) is 22.7. The normalized spacial score (nSPS) is 12.3. The number of carbonyl (C=O) groups is 1. The summed E-state index contributed by atoms with van der Waals surface area (Å²) in [6, 6.07) is 15.2. The second kappa shape index (κ2) is 8.92. The van der Waals surface area contributed by atoms with Crippen molar-refractivity contribution in [2.45, 2.75) is 19.8 Å². The summed E-state index contributed by atoms with van der Waals surface area (Å²) in [4.78, 5) is 25.5. The van der Waals surface area contributed by atoms with E-state index < -0.39 is 0 Å². The van der Waals surface area contributed by atoms with E-state index in [-0.39, 0.29) is 18.0 Å². The third-order valence-electron chi connectivity index (χ3n) is 5.32. The SMILES string of the molecule is [2H]c1cc(NC[C@@H](C)c2cccc3c(C(=O)NC)ccnc23)cc(-c2ccc(C)nc2)n1. The lowest BCUT2D eigenvalue weighted by Gasteiger charge is -2.17. The summed E-state index contributed by atoms with van der Waals surface area (Å²) in [7, 11) is 1.63. The molecule has 0 radical (unpaired) electrons. The number of aromatic nitrogens is 3. The zero-order valence-electron chi connectivity index (χ0n) is 18.8. The van der Waals surface area contributed by atoms with Crippen molar-refractivity contribution in [2.24, 2.45) is 0 Å². The molecule has 6 nitrogen and oxygen atoms in total. The maximum absolute atomic E-state index is 12.2. The molecule has 1 amide bonds. The quantitative estimate of drug-likeness (QED) is 0.485. The Labute approximate surface area is 183 Å². The van der Waals surface area contributed by atoms with E-state index in [2.05, 4.69) is 32.5 Å². The van der Waals surface area contributed by atoms with Crippen molar-refractivity contribution in [1.29, 1.82) is 0 Å². The van der Waals surface area contributed by atoms with Gasteiger partial charge in [-0.3, -0.25) is 19.7 Å². The molecule has 0 aliphatic carbocycles. The van der Waals surface area contributed by atoms with Crippen LogP contribution in [0.5, 0.6) is 0 Å². The van der Waals surface area contributed by atoms with Crippen molar-refractivity contribution in [1.82, 2.24) is 20.3 Å². The Morgan fingerprint density at radius 3 is 2.77 bits per heavy atom. The molecule has 31 heavy (non-hydrogen) atoms. The summed E-state index contributed by atoms with van der Waals surface area (Å²) in [5.74, 6) is -0.00353. The number of anilines is 1. The maximum Gasteiger partial charge on any atom is 0.251 e. The predicted octanol–water partition coefficient (Wildman–Crippen LogP) is 4.58. The molecule has 0 fully saturated rings. The van der Waals surface area contributed by atoms with Gasteiger partial charge in [0.1, 0.15) is 0 Å². The van der Waals surface area contributed by atoms with Gasteiger partial charge in [0.2, 0.25) is 0 Å². The standard InChI is InChI=1S/C25H25N5O/c1-16(20-5-4-6-21-22(25(31)26-3)10-12-28-24(20)21)14-30-19-9-11-27-23(13-19)18-8-7-17(2)29-15-18/h4-13,15-16H,14H2,1-3H3,(H,26,31)(H,27,30)/t16-/m1/s1/i11D. The fraction of sp³-hybridized carbons (Fsp3) is 0.200. The molecule has 3 heterocycles. The molecule has 6 heteroatoms. The Bertz CT molecular complexity index is 1270. The van der Waals surface area contributed by atoms with Gasteiger partial charge in [-0.25, -0.2) is 0 Å². The number of amides is 1. The minimum Gasteiger partial charge on any atom is -0.384 e. The number of aryl methyl sites for hydroxylation is 1. The monoisotopic (exact) mass is 412 g/mol. The number of fused-ring (bicyclic) bond motifs is 1. The number of benzene rings is 1. The predicted molar refractivity (Wildman–Crippen MR) is 124 cm³/mol. The van der Waals surface area contributed by atoms with Gasteiger partial charge in [0, 0.05) is 60.4 Å². The number of rotatable bonds is 6. The number of nitrogens with one attached hydrogen (secondary N) is 2. The number of hydrogen-bond acceptors (Lipinski definition) is 5. The Morgan fingerprint density at radius 1 is 1.13 bits per heavy atom. The van der Waals surface area contributed by atoms with Crippen molar-refractivity contribution in [3.63, 3.8) is 0 Å². The van der Waals surface area contributed by atoms with E-state index in [1.807, 2.05) is 43.3 Å². The van der Waals surface area contributed by atoms with Gasteiger partial charge in [0.15, 0.2) is 0 Å². The van der Waals surface area contributed by atoms with Crippen molar-refractivity contribution in [2.75, 3.05) is 18.9 Å². The molecule has 4 aromatic rings. The molecule has 4 rings (SSSR count). The lowest BCUT2D eigenvalue weighted by Crippen LogP contribution is -2.18. The molecule has 156 valence electrons. The van der Waals surface area contributed by atoms with E-state index in [4.69, 9.17) is 1.37 Å². The molecule has 0 spiro atoms. The van der Waals surface area contributed by atoms with Gasteiger partial charge in [-0.2, -0.15) is 0 Å². The van der Waals surface area contributed by atoms with Crippen LogP contribution in [-0.4, -0.2) is 34.5 Å². The second-order valence-corrected chi connectivity index (χ2v) is 7.52. The van der Waals surface area contributed by atoms with E-state index in [0.717, 1.165) is 33.4 Å². The highest BCUT2D eigenvalue weighted by Gasteiger charge is 2.15. The average Bonchev–Trinajstić information content (AvgIpc) is 2.81. The first-order valence-corrected chi connectivity index (χ1v) is 10.2. The number of nitrogens with zero attached hydrogens (tertiary/aromatic N) is 3. The fourth-order valence-electron chi connectivity index (χ4n) is 3.57. The van der Waals surface area contributed by atoms with Crippen molar-refractivity contribution < 1.29 is 6.17 Å². The second-order valence-electron chi connectivity index (χ2n) is 7.52. The highest BCUT2D eigenvalue weighted by Crippen LogP contribution is 2.27. The van der Waals surface area contributed by atoms with Crippen molar-refractivity contribution in [3.8, 4) is 11.3 Å². The molecule has 0 saturated heterocycles. The lowest BCUT2D eigenvalue weighted by molar-refractivity contribution is 0.0964. The molecule has 1 atom stereocenters. The van der Waals surface area contributed by atoms with Gasteiger partial charge in [-0.05, 0) is 42.8 Å². The Kier molecular flexibility index (Phi) is 5.52. The zero-order valence-corrected chi connectivity index (χ0v) is 17.8. The molecular formula is C25H25N5O. The van der Waals surface area contributed by atoms with Crippen LogP contribution in [0, 0.1) is 6.92 Å². The molecule has 1 aromatic carbocycles. The third kappa shape index (κ3) is 4.38. The van der Waals surface area contributed by atoms with Crippen LogP contribution < -0.4 is 10.6 Å². The van der Waals surface area contributed by atoms with Crippen LogP contribution >= 0.6 is 0 Å². The summed E-state index contributed by atoms with van der Waals surface area (Å²) in [5, 5.41) is 6.96. The lowest BCUT2D eigenvalue weighted by atomic mass is 9.96. The average molecular weight is 413 g/mol. The van der Waals surface area contributed by atoms with Crippen LogP contribution in [0.15, 0.2) is 67.1 Å². The first kappa shape index (κ1) is 19.2. The Hall–Kier alpha value is -3.80. The molecule has 0 saturated carbocycles.